The van der Waals surface area contributed by atoms with E-state index in [1.54, 1.807) is 0 Å². The molecule has 0 aliphatic rings. The van der Waals surface area contributed by atoms with E-state index in [1.165, 1.54) is 11.1 Å². The zero-order valence-corrected chi connectivity index (χ0v) is 8.20. The van der Waals surface area contributed by atoms with E-state index in [0.29, 0.717) is 0 Å². The topological polar surface area (TPSA) is 33.1 Å². The second kappa shape index (κ2) is 2.38. The molecule has 14 heavy (non-hydrogen) atoms. The number of rotatable bonds is 0. The van der Waals surface area contributed by atoms with Crippen LogP contribution < -0.4 is 0 Å². The van der Waals surface area contributed by atoms with Crippen LogP contribution in [0.2, 0.25) is 0 Å². The normalized spacial score (nSPS) is 11.6. The molecule has 3 heteroatoms. The zero-order chi connectivity index (χ0) is 9.71. The number of nitrogens with one attached hydrogen (secondary N) is 1. The van der Waals surface area contributed by atoms with Crippen LogP contribution in [0.25, 0.3) is 16.6 Å². The summed E-state index contributed by atoms with van der Waals surface area (Å²) in [6.07, 6.45) is 4.07. The molecule has 0 bridgehead atoms. The predicted molar refractivity (Wildman–Crippen MR) is 56.5 cm³/mol. The van der Waals surface area contributed by atoms with Gasteiger partial charge in [0.15, 0.2) is 0 Å². The number of hydrogen-bond acceptors (Lipinski definition) is 1. The Morgan fingerprint density at radius 3 is 3.07 bits per heavy atom. The van der Waals surface area contributed by atoms with Gasteiger partial charge in [-0.3, -0.25) is 0 Å². The lowest BCUT2D eigenvalue weighted by atomic mass is 10.3. The maximum atomic E-state index is 4.50. The van der Waals surface area contributed by atoms with Crippen molar-refractivity contribution in [2.45, 2.75) is 13.8 Å². The molecule has 3 heterocycles. The maximum Gasteiger partial charge on any atom is 0.146 e. The smallest absolute Gasteiger partial charge is 0.146 e. The van der Waals surface area contributed by atoms with Crippen LogP contribution in [0.1, 0.15) is 11.4 Å². The molecular formula is C11H11N3. The monoisotopic (exact) mass is 185 g/mol. The number of nitrogens with zero attached hydrogens (tertiary/aromatic N) is 2. The standard InChI is InChI=1S/C11H11N3/c1-7-5-9-10(12-7)3-4-14-6-8(2)13-11(9)14/h3-6,12H,1-2H3. The van der Waals surface area contributed by atoms with Crippen molar-refractivity contribution in [2.24, 2.45) is 0 Å². The molecule has 0 atom stereocenters. The fourth-order valence-corrected chi connectivity index (χ4v) is 1.91. The molecule has 70 valence electrons. The molecule has 3 aromatic rings. The van der Waals surface area contributed by atoms with E-state index in [-0.39, 0.29) is 0 Å². The van der Waals surface area contributed by atoms with Crippen LogP contribution >= 0.6 is 0 Å². The molecule has 3 rings (SSSR count). The Balaban J connectivity index is 2.58. The predicted octanol–water partition coefficient (Wildman–Crippen LogP) is 2.43. The summed E-state index contributed by atoms with van der Waals surface area (Å²) in [5.74, 6) is 0. The van der Waals surface area contributed by atoms with Crippen molar-refractivity contribution in [1.82, 2.24) is 14.4 Å². The average molecular weight is 185 g/mol. The van der Waals surface area contributed by atoms with Crippen LogP contribution in [0.3, 0.4) is 0 Å². The van der Waals surface area contributed by atoms with Crippen LogP contribution in [0.15, 0.2) is 24.5 Å². The third-order valence-electron chi connectivity index (χ3n) is 2.48. The first-order valence-corrected chi connectivity index (χ1v) is 4.68. The van der Waals surface area contributed by atoms with Gasteiger partial charge in [-0.15, -0.1) is 0 Å². The van der Waals surface area contributed by atoms with E-state index < -0.39 is 0 Å². The minimum absolute atomic E-state index is 1.03. The average Bonchev–Trinajstić information content (AvgIpc) is 2.65. The number of imidazole rings is 1. The van der Waals surface area contributed by atoms with E-state index in [4.69, 9.17) is 0 Å². The third-order valence-corrected chi connectivity index (χ3v) is 2.48. The number of pyridine rings is 1. The molecule has 0 aliphatic carbocycles. The Kier molecular flexibility index (Phi) is 1.29. The van der Waals surface area contributed by atoms with Crippen molar-refractivity contribution < 1.29 is 0 Å². The van der Waals surface area contributed by atoms with Crippen LogP contribution in [0.4, 0.5) is 0 Å². The van der Waals surface area contributed by atoms with Crippen LogP contribution in [-0.2, 0) is 0 Å². The molecule has 3 aromatic heterocycles. The molecule has 0 fully saturated rings. The van der Waals surface area contributed by atoms with E-state index >= 15 is 0 Å². The summed E-state index contributed by atoms with van der Waals surface area (Å²) >= 11 is 0. The molecule has 0 amide bonds. The van der Waals surface area contributed by atoms with E-state index in [0.717, 1.165) is 16.9 Å². The minimum Gasteiger partial charge on any atom is -0.358 e. The Morgan fingerprint density at radius 1 is 1.36 bits per heavy atom. The van der Waals surface area contributed by atoms with Crippen LogP contribution in [0, 0.1) is 13.8 Å². The van der Waals surface area contributed by atoms with Crippen molar-refractivity contribution in [3.63, 3.8) is 0 Å². The first-order chi connectivity index (χ1) is 6.74. The maximum absolute atomic E-state index is 4.50. The van der Waals surface area contributed by atoms with E-state index in [1.807, 2.05) is 19.3 Å². The largest absolute Gasteiger partial charge is 0.358 e. The number of aromatic nitrogens is 3. The second-order valence-electron chi connectivity index (χ2n) is 3.71. The van der Waals surface area contributed by atoms with E-state index in [9.17, 15) is 0 Å². The van der Waals surface area contributed by atoms with Gasteiger partial charge in [-0.25, -0.2) is 4.98 Å². The zero-order valence-electron chi connectivity index (χ0n) is 8.20. The molecule has 0 radical (unpaired) electrons. The summed E-state index contributed by atoms with van der Waals surface area (Å²) in [5, 5.41) is 1.19. The minimum atomic E-state index is 1.03. The summed E-state index contributed by atoms with van der Waals surface area (Å²) in [5.41, 5.74) is 4.41. The van der Waals surface area contributed by atoms with Crippen molar-refractivity contribution >= 4 is 16.6 Å². The molecule has 0 unspecified atom stereocenters. The first-order valence-electron chi connectivity index (χ1n) is 4.68. The number of fused-ring (bicyclic) bond motifs is 3. The van der Waals surface area contributed by atoms with Crippen molar-refractivity contribution in [2.75, 3.05) is 0 Å². The lowest BCUT2D eigenvalue weighted by Gasteiger charge is -1.93. The fraction of sp³-hybridized carbons (Fsp3) is 0.182. The molecule has 0 saturated heterocycles. The van der Waals surface area contributed by atoms with Gasteiger partial charge in [0.1, 0.15) is 5.65 Å². The highest BCUT2D eigenvalue weighted by molar-refractivity contribution is 5.92. The summed E-state index contributed by atoms with van der Waals surface area (Å²) in [4.78, 5) is 7.80. The summed E-state index contributed by atoms with van der Waals surface area (Å²) < 4.78 is 2.06. The van der Waals surface area contributed by atoms with Gasteiger partial charge in [0, 0.05) is 23.5 Å². The van der Waals surface area contributed by atoms with Gasteiger partial charge in [0.2, 0.25) is 0 Å². The van der Waals surface area contributed by atoms with Gasteiger partial charge in [0.25, 0.3) is 0 Å². The quantitative estimate of drug-likeness (QED) is 0.573. The highest BCUT2D eigenvalue weighted by atomic mass is 15.0. The number of aromatic amines is 1. The molecule has 0 saturated carbocycles. The van der Waals surface area contributed by atoms with Gasteiger partial charge in [0.05, 0.1) is 11.2 Å². The summed E-state index contributed by atoms with van der Waals surface area (Å²) in [6, 6.07) is 4.22. The Morgan fingerprint density at radius 2 is 2.21 bits per heavy atom. The molecule has 0 spiro atoms. The number of H-pyrrole nitrogens is 1. The summed E-state index contributed by atoms with van der Waals surface area (Å²) in [6.45, 7) is 4.07. The fourth-order valence-electron chi connectivity index (χ4n) is 1.91. The van der Waals surface area contributed by atoms with Gasteiger partial charge >= 0.3 is 0 Å². The number of hydrogen-bond donors (Lipinski definition) is 1. The lowest BCUT2D eigenvalue weighted by Crippen LogP contribution is -1.81. The molecule has 0 aliphatic heterocycles. The van der Waals surface area contributed by atoms with Crippen molar-refractivity contribution in [3.8, 4) is 0 Å². The van der Waals surface area contributed by atoms with Gasteiger partial charge < -0.3 is 9.38 Å². The van der Waals surface area contributed by atoms with Crippen LogP contribution in [0.5, 0.6) is 0 Å². The highest BCUT2D eigenvalue weighted by Gasteiger charge is 2.04. The van der Waals surface area contributed by atoms with Gasteiger partial charge in [-0.05, 0) is 26.0 Å². The second-order valence-corrected chi connectivity index (χ2v) is 3.71. The molecule has 3 nitrogen and oxygen atoms in total. The molecule has 1 N–H and O–H groups in total. The van der Waals surface area contributed by atoms with Crippen molar-refractivity contribution in [3.05, 3.63) is 35.9 Å². The first kappa shape index (κ1) is 7.62. The Bertz CT molecular complexity index is 560. The van der Waals surface area contributed by atoms with Gasteiger partial charge in [-0.1, -0.05) is 0 Å². The number of aryl methyl sites for hydroxylation is 2. The Hall–Kier alpha value is -1.77. The third kappa shape index (κ3) is 0.894. The van der Waals surface area contributed by atoms with E-state index in [2.05, 4.69) is 33.4 Å². The lowest BCUT2D eigenvalue weighted by molar-refractivity contribution is 1.20. The highest BCUT2D eigenvalue weighted by Crippen LogP contribution is 2.20. The molecular weight excluding hydrogens is 174 g/mol. The molecule has 0 aromatic carbocycles. The SMILES string of the molecule is Cc1cn2ccc3[nH]c(C)cc3c2n1. The van der Waals surface area contributed by atoms with Crippen LogP contribution in [-0.4, -0.2) is 14.4 Å². The summed E-state index contributed by atoms with van der Waals surface area (Å²) in [7, 11) is 0. The Labute approximate surface area is 81.4 Å². The van der Waals surface area contributed by atoms with Crippen molar-refractivity contribution in [1.29, 1.82) is 0 Å². The van der Waals surface area contributed by atoms with Gasteiger partial charge in [-0.2, -0.15) is 0 Å².